The molecule has 108 valence electrons. The average molecular weight is 308 g/mol. The Morgan fingerprint density at radius 2 is 2.26 bits per heavy atom. The van der Waals surface area contributed by atoms with Crippen LogP contribution in [0.15, 0.2) is 4.90 Å². The van der Waals surface area contributed by atoms with Crippen molar-refractivity contribution in [1.29, 1.82) is 0 Å². The molecule has 2 heterocycles. The molecule has 1 aromatic rings. The molecule has 0 radical (unpaired) electrons. The van der Waals surface area contributed by atoms with Crippen LogP contribution in [0.3, 0.4) is 0 Å². The standard InChI is InChI=1S/C11H18ClN3O3S/c1-7-11(9(6-12)14-13-7)19(16,17)15(3)10-4-5-18-8(10)2/h8,10H,4-6H2,1-3H3,(H,13,14). The van der Waals surface area contributed by atoms with E-state index in [1.165, 1.54) is 4.31 Å². The Morgan fingerprint density at radius 3 is 2.79 bits per heavy atom. The van der Waals surface area contributed by atoms with E-state index in [1.54, 1.807) is 14.0 Å². The Bertz CT molecular complexity index is 558. The molecule has 1 N–H and O–H groups in total. The fourth-order valence-electron chi connectivity index (χ4n) is 2.42. The van der Waals surface area contributed by atoms with Gasteiger partial charge in [0.05, 0.1) is 29.4 Å². The lowest BCUT2D eigenvalue weighted by atomic mass is 10.2. The number of sulfonamides is 1. The van der Waals surface area contributed by atoms with Crippen LogP contribution in [-0.2, 0) is 20.6 Å². The molecule has 2 atom stereocenters. The van der Waals surface area contributed by atoms with Gasteiger partial charge in [-0.3, -0.25) is 5.10 Å². The largest absolute Gasteiger partial charge is 0.377 e. The first-order chi connectivity index (χ1) is 8.89. The van der Waals surface area contributed by atoms with Crippen LogP contribution in [0, 0.1) is 6.92 Å². The molecular formula is C11H18ClN3O3S. The molecule has 2 rings (SSSR count). The van der Waals surface area contributed by atoms with Crippen molar-refractivity contribution in [3.05, 3.63) is 11.4 Å². The van der Waals surface area contributed by atoms with Crippen molar-refractivity contribution < 1.29 is 13.2 Å². The van der Waals surface area contributed by atoms with Gasteiger partial charge >= 0.3 is 0 Å². The fourth-order valence-corrected chi connectivity index (χ4v) is 4.46. The zero-order chi connectivity index (χ0) is 14.2. The first-order valence-corrected chi connectivity index (χ1v) is 8.06. The van der Waals surface area contributed by atoms with Gasteiger partial charge in [-0.2, -0.15) is 9.40 Å². The number of ether oxygens (including phenoxy) is 1. The number of nitrogens with zero attached hydrogens (tertiary/aromatic N) is 2. The Labute approximate surface area is 118 Å². The highest BCUT2D eigenvalue weighted by molar-refractivity contribution is 7.89. The molecule has 0 bridgehead atoms. The number of hydrogen-bond acceptors (Lipinski definition) is 4. The number of halogens is 1. The minimum absolute atomic E-state index is 0.0590. The molecule has 1 aliphatic heterocycles. The summed E-state index contributed by atoms with van der Waals surface area (Å²) in [7, 11) is -2.03. The molecule has 0 amide bonds. The minimum Gasteiger partial charge on any atom is -0.377 e. The Morgan fingerprint density at radius 1 is 1.58 bits per heavy atom. The Kier molecular flexibility index (Phi) is 4.20. The van der Waals surface area contributed by atoms with E-state index >= 15 is 0 Å². The monoisotopic (exact) mass is 307 g/mol. The minimum atomic E-state index is -3.61. The number of aryl methyl sites for hydroxylation is 1. The molecule has 1 saturated heterocycles. The lowest BCUT2D eigenvalue weighted by Gasteiger charge is -2.26. The van der Waals surface area contributed by atoms with Crippen molar-refractivity contribution in [2.45, 2.75) is 43.2 Å². The zero-order valence-electron chi connectivity index (χ0n) is 11.2. The maximum Gasteiger partial charge on any atom is 0.246 e. The number of aromatic amines is 1. The van der Waals surface area contributed by atoms with E-state index < -0.39 is 10.0 Å². The van der Waals surface area contributed by atoms with Crippen LogP contribution in [0.1, 0.15) is 24.7 Å². The highest BCUT2D eigenvalue weighted by Gasteiger charge is 2.37. The van der Waals surface area contributed by atoms with Crippen LogP contribution in [0.5, 0.6) is 0 Å². The van der Waals surface area contributed by atoms with Crippen molar-refractivity contribution >= 4 is 21.6 Å². The molecule has 1 fully saturated rings. The summed E-state index contributed by atoms with van der Waals surface area (Å²) < 4.78 is 32.2. The molecule has 8 heteroatoms. The van der Waals surface area contributed by atoms with Crippen LogP contribution >= 0.6 is 11.6 Å². The van der Waals surface area contributed by atoms with E-state index in [-0.39, 0.29) is 22.9 Å². The van der Waals surface area contributed by atoms with Crippen molar-refractivity contribution in [3.8, 4) is 0 Å². The lowest BCUT2D eigenvalue weighted by molar-refractivity contribution is 0.102. The summed E-state index contributed by atoms with van der Waals surface area (Å²) in [5.74, 6) is 0.0590. The quantitative estimate of drug-likeness (QED) is 0.850. The van der Waals surface area contributed by atoms with Crippen LogP contribution in [0.25, 0.3) is 0 Å². The van der Waals surface area contributed by atoms with Crippen molar-refractivity contribution in [3.63, 3.8) is 0 Å². The van der Waals surface area contributed by atoms with Gasteiger partial charge in [-0.1, -0.05) is 0 Å². The second kappa shape index (κ2) is 5.40. The second-order valence-corrected chi connectivity index (χ2v) is 6.91. The summed E-state index contributed by atoms with van der Waals surface area (Å²) in [6.07, 6.45) is 0.593. The van der Waals surface area contributed by atoms with Gasteiger partial charge in [0.25, 0.3) is 0 Å². The molecule has 0 saturated carbocycles. The number of likely N-dealkylation sites (N-methyl/N-ethyl adjacent to an activating group) is 1. The smallest absolute Gasteiger partial charge is 0.246 e. The third-order valence-electron chi connectivity index (χ3n) is 3.53. The Hall–Kier alpha value is -0.630. The summed E-state index contributed by atoms with van der Waals surface area (Å²) in [5.41, 5.74) is 0.867. The summed E-state index contributed by atoms with van der Waals surface area (Å²) in [5, 5.41) is 6.61. The maximum atomic E-state index is 12.7. The summed E-state index contributed by atoms with van der Waals surface area (Å²) in [6.45, 7) is 4.14. The zero-order valence-corrected chi connectivity index (χ0v) is 12.8. The number of hydrogen-bond donors (Lipinski definition) is 1. The number of nitrogens with one attached hydrogen (secondary N) is 1. The molecule has 0 aliphatic carbocycles. The highest BCUT2D eigenvalue weighted by atomic mass is 35.5. The van der Waals surface area contributed by atoms with Gasteiger partial charge in [-0.15, -0.1) is 11.6 Å². The first kappa shape index (κ1) is 14.8. The summed E-state index contributed by atoms with van der Waals surface area (Å²) in [4.78, 5) is 0.184. The van der Waals surface area contributed by atoms with Gasteiger partial charge in [-0.05, 0) is 20.3 Å². The number of rotatable bonds is 4. The van der Waals surface area contributed by atoms with Gasteiger partial charge in [0.1, 0.15) is 4.90 Å². The number of H-pyrrole nitrogens is 1. The Balaban J connectivity index is 2.39. The molecule has 1 aromatic heterocycles. The SMILES string of the molecule is Cc1[nH]nc(CCl)c1S(=O)(=O)N(C)C1CCOC1C. The van der Waals surface area contributed by atoms with Gasteiger partial charge in [0, 0.05) is 13.7 Å². The molecular weight excluding hydrogens is 290 g/mol. The summed E-state index contributed by atoms with van der Waals surface area (Å²) in [6, 6.07) is -0.150. The van der Waals surface area contributed by atoms with Gasteiger partial charge < -0.3 is 4.74 Å². The van der Waals surface area contributed by atoms with Crippen LogP contribution < -0.4 is 0 Å². The first-order valence-electron chi connectivity index (χ1n) is 6.09. The molecule has 1 aliphatic rings. The second-order valence-electron chi connectivity index (χ2n) is 4.71. The third-order valence-corrected chi connectivity index (χ3v) is 5.87. The van der Waals surface area contributed by atoms with Crippen LogP contribution in [0.2, 0.25) is 0 Å². The van der Waals surface area contributed by atoms with E-state index in [0.29, 0.717) is 24.4 Å². The van der Waals surface area contributed by atoms with Crippen molar-refractivity contribution in [2.75, 3.05) is 13.7 Å². The van der Waals surface area contributed by atoms with E-state index in [9.17, 15) is 8.42 Å². The van der Waals surface area contributed by atoms with E-state index in [1.807, 2.05) is 6.92 Å². The van der Waals surface area contributed by atoms with E-state index in [2.05, 4.69) is 10.2 Å². The molecule has 2 unspecified atom stereocenters. The molecule has 0 spiro atoms. The highest BCUT2D eigenvalue weighted by Crippen LogP contribution is 2.28. The lowest BCUT2D eigenvalue weighted by Crippen LogP contribution is -2.41. The fraction of sp³-hybridized carbons (Fsp3) is 0.727. The van der Waals surface area contributed by atoms with Gasteiger partial charge in [0.15, 0.2) is 0 Å². The normalized spacial score (nSPS) is 24.3. The summed E-state index contributed by atoms with van der Waals surface area (Å²) >= 11 is 5.75. The van der Waals surface area contributed by atoms with Crippen LogP contribution in [-0.4, -0.2) is 48.7 Å². The van der Waals surface area contributed by atoms with Crippen molar-refractivity contribution in [2.24, 2.45) is 0 Å². The maximum absolute atomic E-state index is 12.7. The molecule has 6 nitrogen and oxygen atoms in total. The number of aromatic nitrogens is 2. The number of alkyl halides is 1. The predicted octanol–water partition coefficient (Wildman–Crippen LogP) is 1.25. The average Bonchev–Trinajstić information content (AvgIpc) is 2.94. The topological polar surface area (TPSA) is 75.3 Å². The molecule has 19 heavy (non-hydrogen) atoms. The van der Waals surface area contributed by atoms with E-state index in [4.69, 9.17) is 16.3 Å². The molecule has 0 aromatic carbocycles. The van der Waals surface area contributed by atoms with Crippen LogP contribution in [0.4, 0.5) is 0 Å². The van der Waals surface area contributed by atoms with Crippen molar-refractivity contribution in [1.82, 2.24) is 14.5 Å². The predicted molar refractivity (Wildman–Crippen MR) is 71.6 cm³/mol. The van der Waals surface area contributed by atoms with Gasteiger partial charge in [0.2, 0.25) is 10.0 Å². The van der Waals surface area contributed by atoms with Gasteiger partial charge in [-0.25, -0.2) is 8.42 Å². The van der Waals surface area contributed by atoms with E-state index in [0.717, 1.165) is 0 Å². The third kappa shape index (κ3) is 2.52.